The predicted molar refractivity (Wildman–Crippen MR) is 52.1 cm³/mol. The van der Waals surface area contributed by atoms with Crippen LogP contribution in [-0.4, -0.2) is 21.0 Å². The molecular weight excluding hydrogens is 182 g/mol. The molecule has 0 saturated carbocycles. The van der Waals surface area contributed by atoms with E-state index in [4.69, 9.17) is 10.8 Å². The molecule has 0 aliphatic heterocycles. The molecule has 0 aliphatic carbocycles. The number of hydrogen-bond acceptors (Lipinski definition) is 4. The zero-order valence-corrected chi connectivity index (χ0v) is 8.40. The fourth-order valence-corrected chi connectivity index (χ4v) is 0.921. The smallest absolute Gasteiger partial charge is 0.341 e. The molecule has 76 valence electrons. The average molecular weight is 195 g/mol. The Balaban J connectivity index is 3.20. The number of nitrogen functional groups attached to an aromatic ring is 1. The highest BCUT2D eigenvalue weighted by Crippen LogP contribution is 2.19. The van der Waals surface area contributed by atoms with E-state index in [-0.39, 0.29) is 16.8 Å². The van der Waals surface area contributed by atoms with E-state index >= 15 is 0 Å². The molecule has 1 aromatic rings. The summed E-state index contributed by atoms with van der Waals surface area (Å²) in [4.78, 5) is 18.5. The summed E-state index contributed by atoms with van der Waals surface area (Å²) < 4.78 is 0. The SMILES string of the molecule is CC(C)(C)c1ncc(C(=O)O)c(N)n1. The van der Waals surface area contributed by atoms with Gasteiger partial charge in [-0.25, -0.2) is 14.8 Å². The zero-order chi connectivity index (χ0) is 10.9. The lowest BCUT2D eigenvalue weighted by atomic mass is 9.95. The number of aromatic carboxylic acids is 1. The molecule has 0 fully saturated rings. The van der Waals surface area contributed by atoms with Crippen molar-refractivity contribution in [2.24, 2.45) is 0 Å². The molecule has 0 atom stereocenters. The summed E-state index contributed by atoms with van der Waals surface area (Å²) in [7, 11) is 0. The maximum absolute atomic E-state index is 10.6. The van der Waals surface area contributed by atoms with Crippen LogP contribution in [0.25, 0.3) is 0 Å². The van der Waals surface area contributed by atoms with E-state index in [9.17, 15) is 4.79 Å². The number of carbonyl (C=O) groups is 1. The third-order valence-corrected chi connectivity index (χ3v) is 1.72. The van der Waals surface area contributed by atoms with Crippen LogP contribution in [0.4, 0.5) is 5.82 Å². The van der Waals surface area contributed by atoms with Crippen LogP contribution < -0.4 is 5.73 Å². The second-order valence-corrected chi connectivity index (χ2v) is 4.05. The fraction of sp³-hybridized carbons (Fsp3) is 0.444. The van der Waals surface area contributed by atoms with Gasteiger partial charge in [0, 0.05) is 11.6 Å². The molecular formula is C9H13N3O2. The van der Waals surface area contributed by atoms with Crippen LogP contribution in [-0.2, 0) is 5.41 Å². The topological polar surface area (TPSA) is 89.1 Å². The van der Waals surface area contributed by atoms with E-state index in [0.717, 1.165) is 0 Å². The summed E-state index contributed by atoms with van der Waals surface area (Å²) in [6, 6.07) is 0. The summed E-state index contributed by atoms with van der Waals surface area (Å²) in [5.41, 5.74) is 5.20. The Kier molecular flexibility index (Phi) is 2.42. The van der Waals surface area contributed by atoms with Crippen LogP contribution in [0.15, 0.2) is 6.20 Å². The van der Waals surface area contributed by atoms with Crippen molar-refractivity contribution < 1.29 is 9.90 Å². The van der Waals surface area contributed by atoms with Gasteiger partial charge in [-0.2, -0.15) is 0 Å². The maximum atomic E-state index is 10.6. The summed E-state index contributed by atoms with van der Waals surface area (Å²) in [6.45, 7) is 5.80. The fourth-order valence-electron chi connectivity index (χ4n) is 0.921. The van der Waals surface area contributed by atoms with Gasteiger partial charge >= 0.3 is 5.97 Å². The molecule has 14 heavy (non-hydrogen) atoms. The highest BCUT2D eigenvalue weighted by molar-refractivity contribution is 5.92. The van der Waals surface area contributed by atoms with Crippen molar-refractivity contribution in [1.82, 2.24) is 9.97 Å². The Morgan fingerprint density at radius 1 is 1.50 bits per heavy atom. The van der Waals surface area contributed by atoms with Crippen LogP contribution in [0, 0.1) is 0 Å². The zero-order valence-electron chi connectivity index (χ0n) is 8.40. The van der Waals surface area contributed by atoms with Gasteiger partial charge in [-0.3, -0.25) is 0 Å². The lowest BCUT2D eigenvalue weighted by molar-refractivity contribution is 0.0697. The number of hydrogen-bond donors (Lipinski definition) is 2. The Labute approximate surface area is 82.0 Å². The van der Waals surface area contributed by atoms with Gasteiger partial charge in [-0.15, -0.1) is 0 Å². The van der Waals surface area contributed by atoms with Gasteiger partial charge in [0.05, 0.1) is 0 Å². The lowest BCUT2D eigenvalue weighted by Crippen LogP contribution is -2.18. The second kappa shape index (κ2) is 3.25. The van der Waals surface area contributed by atoms with Crippen LogP contribution >= 0.6 is 0 Å². The monoisotopic (exact) mass is 195 g/mol. The standard InChI is InChI=1S/C9H13N3O2/c1-9(2,3)8-11-4-5(7(13)14)6(10)12-8/h4H,1-3H3,(H,13,14)(H2,10,11,12). The highest BCUT2D eigenvalue weighted by Gasteiger charge is 2.19. The molecule has 5 heteroatoms. The minimum atomic E-state index is -1.11. The van der Waals surface area contributed by atoms with Crippen molar-refractivity contribution in [3.8, 4) is 0 Å². The van der Waals surface area contributed by atoms with Crippen molar-refractivity contribution in [2.45, 2.75) is 26.2 Å². The molecule has 1 aromatic heterocycles. The molecule has 0 amide bonds. The van der Waals surface area contributed by atoms with E-state index in [1.54, 1.807) is 0 Å². The van der Waals surface area contributed by atoms with Crippen LogP contribution in [0.5, 0.6) is 0 Å². The molecule has 1 heterocycles. The number of aromatic nitrogens is 2. The molecule has 0 unspecified atom stereocenters. The number of anilines is 1. The van der Waals surface area contributed by atoms with Gasteiger partial charge in [0.2, 0.25) is 0 Å². The summed E-state index contributed by atoms with van der Waals surface area (Å²) in [5, 5.41) is 8.70. The predicted octanol–water partition coefficient (Wildman–Crippen LogP) is 1.05. The molecule has 0 radical (unpaired) electrons. The first-order chi connectivity index (χ1) is 6.32. The molecule has 5 nitrogen and oxygen atoms in total. The Morgan fingerprint density at radius 2 is 2.07 bits per heavy atom. The molecule has 0 saturated heterocycles. The van der Waals surface area contributed by atoms with Crippen LogP contribution in [0.3, 0.4) is 0 Å². The van der Waals surface area contributed by atoms with Crippen molar-refractivity contribution in [3.63, 3.8) is 0 Å². The Morgan fingerprint density at radius 3 is 2.43 bits per heavy atom. The number of nitrogens with zero attached hydrogens (tertiary/aromatic N) is 2. The van der Waals surface area contributed by atoms with Crippen molar-refractivity contribution in [3.05, 3.63) is 17.6 Å². The number of rotatable bonds is 1. The minimum absolute atomic E-state index is 0.0115. The quantitative estimate of drug-likeness (QED) is 0.699. The molecule has 0 bridgehead atoms. The van der Waals surface area contributed by atoms with E-state index < -0.39 is 5.97 Å². The normalized spacial score (nSPS) is 11.4. The van der Waals surface area contributed by atoms with E-state index in [1.807, 2.05) is 20.8 Å². The Bertz CT molecular complexity index is 369. The summed E-state index contributed by atoms with van der Waals surface area (Å²) >= 11 is 0. The average Bonchev–Trinajstić information content (AvgIpc) is 2.01. The van der Waals surface area contributed by atoms with Gasteiger partial charge < -0.3 is 10.8 Å². The van der Waals surface area contributed by atoms with Gasteiger partial charge in [-0.05, 0) is 0 Å². The van der Waals surface area contributed by atoms with Crippen molar-refractivity contribution >= 4 is 11.8 Å². The minimum Gasteiger partial charge on any atom is -0.477 e. The maximum Gasteiger partial charge on any atom is 0.341 e. The summed E-state index contributed by atoms with van der Waals surface area (Å²) in [6.07, 6.45) is 1.24. The van der Waals surface area contributed by atoms with Gasteiger partial charge in [-0.1, -0.05) is 20.8 Å². The molecule has 3 N–H and O–H groups in total. The van der Waals surface area contributed by atoms with Crippen LogP contribution in [0.1, 0.15) is 37.0 Å². The molecule has 0 aliphatic rings. The van der Waals surface area contributed by atoms with E-state index in [0.29, 0.717) is 5.82 Å². The number of carboxylic acid groups (broad SMARTS) is 1. The van der Waals surface area contributed by atoms with Gasteiger partial charge in [0.1, 0.15) is 17.2 Å². The second-order valence-electron chi connectivity index (χ2n) is 4.05. The van der Waals surface area contributed by atoms with E-state index in [1.165, 1.54) is 6.20 Å². The number of carboxylic acids is 1. The Hall–Kier alpha value is -1.65. The molecule has 0 spiro atoms. The number of nitrogens with two attached hydrogens (primary N) is 1. The van der Waals surface area contributed by atoms with Crippen molar-refractivity contribution in [2.75, 3.05) is 5.73 Å². The van der Waals surface area contributed by atoms with Gasteiger partial charge in [0.15, 0.2) is 0 Å². The molecule has 1 rings (SSSR count). The highest BCUT2D eigenvalue weighted by atomic mass is 16.4. The largest absolute Gasteiger partial charge is 0.477 e. The summed E-state index contributed by atoms with van der Waals surface area (Å²) in [5.74, 6) is -0.555. The van der Waals surface area contributed by atoms with E-state index in [2.05, 4.69) is 9.97 Å². The first-order valence-electron chi connectivity index (χ1n) is 4.18. The van der Waals surface area contributed by atoms with Gasteiger partial charge in [0.25, 0.3) is 0 Å². The first kappa shape index (κ1) is 10.4. The molecule has 0 aromatic carbocycles. The first-order valence-corrected chi connectivity index (χ1v) is 4.18. The van der Waals surface area contributed by atoms with Crippen LogP contribution in [0.2, 0.25) is 0 Å². The third-order valence-electron chi connectivity index (χ3n) is 1.72. The third kappa shape index (κ3) is 1.99. The lowest BCUT2D eigenvalue weighted by Gasteiger charge is -2.16. The van der Waals surface area contributed by atoms with Crippen molar-refractivity contribution in [1.29, 1.82) is 0 Å².